The molecule has 0 radical (unpaired) electrons. The number of thioether (sulfide) groups is 1. The largest absolute Gasteiger partial charge is 0.493 e. The van der Waals surface area contributed by atoms with Crippen molar-refractivity contribution in [1.29, 1.82) is 0 Å². The number of ether oxygens (including phenoxy) is 1. The molecule has 2 amide bonds. The van der Waals surface area contributed by atoms with Gasteiger partial charge in [0.2, 0.25) is 11.8 Å². The highest BCUT2D eigenvalue weighted by Gasteiger charge is 2.64. The van der Waals surface area contributed by atoms with Gasteiger partial charge in [0.1, 0.15) is 23.2 Å². The highest BCUT2D eigenvalue weighted by molar-refractivity contribution is 8.01. The number of nitrogens with zero attached hydrogens (tertiary/aromatic N) is 1. The summed E-state index contributed by atoms with van der Waals surface area (Å²) in [6.45, 7) is 5.95. The normalized spacial score (nSPS) is 23.9. The molecule has 2 aliphatic rings. The zero-order valence-corrected chi connectivity index (χ0v) is 19.7. The lowest BCUT2D eigenvalue weighted by Crippen LogP contribution is -2.70. The van der Waals surface area contributed by atoms with Crippen LogP contribution < -0.4 is 10.1 Å². The van der Waals surface area contributed by atoms with E-state index in [0.29, 0.717) is 5.75 Å². The molecule has 0 bridgehead atoms. The van der Waals surface area contributed by atoms with E-state index in [1.807, 2.05) is 42.5 Å². The Morgan fingerprint density at radius 2 is 1.76 bits per heavy atom. The predicted molar refractivity (Wildman–Crippen MR) is 126 cm³/mol. The molecule has 0 saturated carbocycles. The monoisotopic (exact) mass is 468 g/mol. The third-order valence-corrected chi connectivity index (χ3v) is 7.84. The fourth-order valence-electron chi connectivity index (χ4n) is 4.44. The molecule has 8 heteroatoms. The molecule has 0 spiro atoms. The number of aliphatic carboxylic acids is 1. The van der Waals surface area contributed by atoms with Crippen molar-refractivity contribution in [3.05, 3.63) is 65.7 Å². The number of carboxylic acid groups (broad SMARTS) is 1. The van der Waals surface area contributed by atoms with Crippen molar-refractivity contribution in [1.82, 2.24) is 10.2 Å². The second kappa shape index (κ2) is 9.09. The van der Waals surface area contributed by atoms with Crippen molar-refractivity contribution in [2.75, 3.05) is 6.61 Å². The molecule has 0 aliphatic carbocycles. The van der Waals surface area contributed by atoms with Crippen molar-refractivity contribution >= 4 is 29.5 Å². The van der Waals surface area contributed by atoms with Crippen LogP contribution >= 0.6 is 11.8 Å². The summed E-state index contributed by atoms with van der Waals surface area (Å²) in [5.41, 5.74) is 2.42. The molecular formula is C25H28N2O5S. The number of β-lactam (4-membered cyclic amide) rings is 1. The Balaban J connectivity index is 1.25. The number of carboxylic acids is 1. The molecule has 174 valence electrons. The van der Waals surface area contributed by atoms with Crippen molar-refractivity contribution in [2.45, 2.75) is 55.3 Å². The molecule has 0 aromatic heterocycles. The Labute approximate surface area is 197 Å². The average molecular weight is 469 g/mol. The number of benzene rings is 2. The van der Waals surface area contributed by atoms with Crippen LogP contribution in [0.2, 0.25) is 0 Å². The number of carbonyl (C=O) groups is 3. The Hall–Kier alpha value is -3.00. The van der Waals surface area contributed by atoms with Crippen LogP contribution in [-0.4, -0.2) is 56.6 Å². The van der Waals surface area contributed by atoms with Crippen LogP contribution in [0.1, 0.15) is 44.2 Å². The summed E-state index contributed by atoms with van der Waals surface area (Å²) in [7, 11) is 0. The van der Waals surface area contributed by atoms with Gasteiger partial charge in [-0.25, -0.2) is 4.79 Å². The molecule has 2 heterocycles. The Bertz CT molecular complexity index is 1040. The maximum absolute atomic E-state index is 12.5. The van der Waals surface area contributed by atoms with Crippen LogP contribution in [0.25, 0.3) is 0 Å². The average Bonchev–Trinajstić information content (AvgIpc) is 3.06. The van der Waals surface area contributed by atoms with Gasteiger partial charge in [0, 0.05) is 10.7 Å². The molecule has 2 aliphatic heterocycles. The Kier molecular flexibility index (Phi) is 6.38. The molecule has 2 aromatic rings. The highest BCUT2D eigenvalue weighted by atomic mass is 32.2. The molecular weight excluding hydrogens is 440 g/mol. The van der Waals surface area contributed by atoms with Crippen LogP contribution in [0.5, 0.6) is 5.75 Å². The minimum atomic E-state index is -1.02. The van der Waals surface area contributed by atoms with E-state index < -0.39 is 22.8 Å². The molecule has 2 saturated heterocycles. The number of rotatable bonds is 8. The summed E-state index contributed by atoms with van der Waals surface area (Å²) in [5.74, 6) is -0.715. The van der Waals surface area contributed by atoms with Crippen molar-refractivity contribution in [3.8, 4) is 5.75 Å². The van der Waals surface area contributed by atoms with Gasteiger partial charge in [0.05, 0.1) is 13.0 Å². The first-order valence-electron chi connectivity index (χ1n) is 11.0. The standard InChI is InChI=1S/C25H28N2O5S/c1-15(16-7-5-4-6-8-16)17-9-11-18(12-10-17)32-14-13-19(28)26-20-22(29)27-21(24(30)31)25(2,3)33-23(20)27/h4-12,15,20-21,23H,13-14H2,1-3H3,(H,26,28)(H,30,31)/t15?,20-,21+,23-/m1/s1. The maximum atomic E-state index is 12.5. The molecule has 4 rings (SSSR count). The highest BCUT2D eigenvalue weighted by Crippen LogP contribution is 2.50. The van der Waals surface area contributed by atoms with E-state index in [9.17, 15) is 19.5 Å². The number of hydrogen-bond donors (Lipinski definition) is 2. The first-order chi connectivity index (χ1) is 15.7. The van der Waals surface area contributed by atoms with E-state index in [0.717, 1.165) is 0 Å². The molecule has 2 N–H and O–H groups in total. The lowest BCUT2D eigenvalue weighted by atomic mass is 9.93. The Morgan fingerprint density at radius 3 is 2.39 bits per heavy atom. The number of amides is 2. The molecule has 33 heavy (non-hydrogen) atoms. The van der Waals surface area contributed by atoms with Crippen LogP contribution in [0.3, 0.4) is 0 Å². The molecule has 2 aromatic carbocycles. The number of carbonyl (C=O) groups excluding carboxylic acids is 2. The summed E-state index contributed by atoms with van der Waals surface area (Å²) >= 11 is 1.41. The van der Waals surface area contributed by atoms with E-state index in [1.54, 1.807) is 13.8 Å². The lowest BCUT2D eigenvalue weighted by molar-refractivity contribution is -0.161. The van der Waals surface area contributed by atoms with Gasteiger partial charge in [-0.2, -0.15) is 0 Å². The number of fused-ring (bicyclic) bond motifs is 1. The minimum Gasteiger partial charge on any atom is -0.493 e. The second-order valence-corrected chi connectivity index (χ2v) is 10.7. The van der Waals surface area contributed by atoms with Crippen molar-refractivity contribution in [2.24, 2.45) is 0 Å². The van der Waals surface area contributed by atoms with E-state index in [-0.39, 0.29) is 36.1 Å². The van der Waals surface area contributed by atoms with Gasteiger partial charge >= 0.3 is 5.97 Å². The van der Waals surface area contributed by atoms with Gasteiger partial charge in [-0.15, -0.1) is 11.8 Å². The van der Waals surface area contributed by atoms with Gasteiger partial charge in [-0.1, -0.05) is 49.4 Å². The topological polar surface area (TPSA) is 95.9 Å². The molecule has 2 fully saturated rings. The lowest BCUT2D eigenvalue weighted by Gasteiger charge is -2.43. The third kappa shape index (κ3) is 4.57. The summed E-state index contributed by atoms with van der Waals surface area (Å²) in [4.78, 5) is 37.8. The first kappa shape index (κ1) is 23.2. The SMILES string of the molecule is CC(c1ccccc1)c1ccc(OCCC(=O)N[C@@H]2C(=O)N3[C@@H]2SC(C)(C)[C@@H]3C(=O)O)cc1. The number of nitrogens with one attached hydrogen (secondary N) is 1. The van der Waals surface area contributed by atoms with E-state index in [2.05, 4.69) is 24.4 Å². The van der Waals surface area contributed by atoms with Crippen LogP contribution in [-0.2, 0) is 14.4 Å². The third-order valence-electron chi connectivity index (χ3n) is 6.27. The smallest absolute Gasteiger partial charge is 0.327 e. The van der Waals surface area contributed by atoms with E-state index >= 15 is 0 Å². The van der Waals surface area contributed by atoms with Crippen LogP contribution in [0.15, 0.2) is 54.6 Å². The van der Waals surface area contributed by atoms with Gasteiger partial charge in [0.25, 0.3) is 0 Å². The van der Waals surface area contributed by atoms with Gasteiger partial charge in [0.15, 0.2) is 0 Å². The second-order valence-electron chi connectivity index (χ2n) is 8.94. The fourth-order valence-corrected chi connectivity index (χ4v) is 6.06. The van der Waals surface area contributed by atoms with E-state index in [1.165, 1.54) is 27.8 Å². The number of hydrogen-bond acceptors (Lipinski definition) is 5. The molecule has 7 nitrogen and oxygen atoms in total. The van der Waals surface area contributed by atoms with Crippen LogP contribution in [0, 0.1) is 0 Å². The Morgan fingerprint density at radius 1 is 1.12 bits per heavy atom. The summed E-state index contributed by atoms with van der Waals surface area (Å²) in [5, 5.41) is 11.9. The van der Waals surface area contributed by atoms with E-state index in [4.69, 9.17) is 4.74 Å². The summed E-state index contributed by atoms with van der Waals surface area (Å²) in [6.07, 6.45) is 0.106. The zero-order valence-electron chi connectivity index (χ0n) is 18.9. The quantitative estimate of drug-likeness (QED) is 0.578. The van der Waals surface area contributed by atoms with Gasteiger partial charge < -0.3 is 20.1 Å². The van der Waals surface area contributed by atoms with Crippen LogP contribution in [0.4, 0.5) is 0 Å². The summed E-state index contributed by atoms with van der Waals surface area (Å²) < 4.78 is 5.09. The van der Waals surface area contributed by atoms with Crippen molar-refractivity contribution in [3.63, 3.8) is 0 Å². The fraction of sp³-hybridized carbons (Fsp3) is 0.400. The minimum absolute atomic E-state index is 0.106. The van der Waals surface area contributed by atoms with Crippen molar-refractivity contribution < 1.29 is 24.2 Å². The van der Waals surface area contributed by atoms with Gasteiger partial charge in [-0.05, 0) is 37.1 Å². The van der Waals surface area contributed by atoms with Gasteiger partial charge in [-0.3, -0.25) is 9.59 Å². The summed E-state index contributed by atoms with van der Waals surface area (Å²) in [6, 6.07) is 16.5. The molecule has 4 atom stereocenters. The molecule has 1 unspecified atom stereocenters. The first-order valence-corrected chi connectivity index (χ1v) is 11.9. The maximum Gasteiger partial charge on any atom is 0.327 e. The predicted octanol–water partition coefficient (Wildman–Crippen LogP) is 3.24. The zero-order chi connectivity index (χ0) is 23.8.